The van der Waals surface area contributed by atoms with E-state index < -0.39 is 35.5 Å². The number of ketones is 2. The van der Waals surface area contributed by atoms with Gasteiger partial charge in [-0.1, -0.05) is 39.3 Å². The topological polar surface area (TPSA) is 99.1 Å². The molecule has 1 N–H and O–H groups in total. The molecule has 3 saturated carbocycles. The van der Waals surface area contributed by atoms with Crippen LogP contribution in [0.25, 0.3) is 0 Å². The maximum Gasteiger partial charge on any atom is 0.308 e. The lowest BCUT2D eigenvalue weighted by Gasteiger charge is -2.59. The standard InChI is InChI=1S/C27H36O7/c1-14(2)24(31)32-13-21(30)27-22(33-15(3)34-27)11-19-18-7-6-16-10-17(28)8-9-25(16,4)23(18)20(29)12-26(19,27)5/h8-10,14-15,18-20,22-23,29H,6-7,11-13H2,1-5H3/t15-,18?,19?,20+,22?,23?,25+,26+,27-/m1/s1. The number of aliphatic hydroxyl groups is 1. The van der Waals surface area contributed by atoms with Crippen molar-refractivity contribution in [2.75, 3.05) is 6.61 Å². The quantitative estimate of drug-likeness (QED) is 0.628. The highest BCUT2D eigenvalue weighted by atomic mass is 16.7. The Kier molecular flexibility index (Phi) is 5.51. The van der Waals surface area contributed by atoms with Gasteiger partial charge in [0.25, 0.3) is 0 Å². The first-order valence-corrected chi connectivity index (χ1v) is 12.6. The number of fused-ring (bicyclic) bond motifs is 7. The molecule has 0 aromatic heterocycles. The van der Waals surface area contributed by atoms with Crippen molar-refractivity contribution in [1.29, 1.82) is 0 Å². The van der Waals surface area contributed by atoms with Crippen molar-refractivity contribution in [3.05, 3.63) is 23.8 Å². The average Bonchev–Trinajstić information content (AvgIpc) is 3.22. The molecular formula is C27H36O7. The predicted molar refractivity (Wildman–Crippen MR) is 122 cm³/mol. The fraction of sp³-hybridized carbons (Fsp3) is 0.741. The zero-order chi connectivity index (χ0) is 24.6. The highest BCUT2D eigenvalue weighted by molar-refractivity contribution is 6.01. The van der Waals surface area contributed by atoms with Gasteiger partial charge in [-0.2, -0.15) is 0 Å². The molecule has 0 radical (unpaired) electrons. The smallest absolute Gasteiger partial charge is 0.308 e. The largest absolute Gasteiger partial charge is 0.457 e. The molecule has 5 aliphatic rings. The average molecular weight is 473 g/mol. The van der Waals surface area contributed by atoms with Crippen molar-refractivity contribution in [3.63, 3.8) is 0 Å². The van der Waals surface area contributed by atoms with Crippen LogP contribution < -0.4 is 0 Å². The lowest BCUT2D eigenvalue weighted by atomic mass is 9.46. The van der Waals surface area contributed by atoms with Crippen LogP contribution in [0, 0.1) is 34.5 Å². The molecule has 0 bridgehead atoms. The van der Waals surface area contributed by atoms with Gasteiger partial charge in [0.2, 0.25) is 5.78 Å². The molecule has 186 valence electrons. The summed E-state index contributed by atoms with van der Waals surface area (Å²) in [4.78, 5) is 37.9. The van der Waals surface area contributed by atoms with Crippen LogP contribution in [0.2, 0.25) is 0 Å². The number of Topliss-reactive ketones (excluding diaryl/α,β-unsaturated/α-hetero) is 1. The van der Waals surface area contributed by atoms with Crippen molar-refractivity contribution in [1.82, 2.24) is 0 Å². The van der Waals surface area contributed by atoms with E-state index in [2.05, 4.69) is 13.8 Å². The number of hydrogen-bond donors (Lipinski definition) is 1. The SMILES string of the molecule is CC(C)C(=O)OCC(=O)[C@@]12O[C@H](C)OC1CC1C3CCC4=CC(=O)C=C[C@]4(C)C3[C@@H](O)C[C@@]12C. The molecule has 34 heavy (non-hydrogen) atoms. The van der Waals surface area contributed by atoms with Gasteiger partial charge in [0.15, 0.2) is 24.3 Å². The first-order valence-electron chi connectivity index (χ1n) is 12.6. The van der Waals surface area contributed by atoms with E-state index in [1.165, 1.54) is 0 Å². The minimum absolute atomic E-state index is 0.00717. The molecule has 1 saturated heterocycles. The summed E-state index contributed by atoms with van der Waals surface area (Å²) in [5.41, 5.74) is -1.20. The Morgan fingerprint density at radius 2 is 2.03 bits per heavy atom. The number of rotatable bonds is 4. The minimum atomic E-state index is -1.25. The van der Waals surface area contributed by atoms with Gasteiger partial charge >= 0.3 is 5.97 Å². The number of carbonyl (C=O) groups is 3. The van der Waals surface area contributed by atoms with Crippen LogP contribution in [0.3, 0.4) is 0 Å². The summed E-state index contributed by atoms with van der Waals surface area (Å²) < 4.78 is 17.8. The van der Waals surface area contributed by atoms with E-state index in [0.29, 0.717) is 12.8 Å². The third-order valence-corrected chi connectivity index (χ3v) is 9.59. The van der Waals surface area contributed by atoms with Crippen LogP contribution in [0.4, 0.5) is 0 Å². The second kappa shape index (κ2) is 7.84. The first kappa shape index (κ1) is 23.9. The van der Waals surface area contributed by atoms with E-state index in [1.807, 2.05) is 6.08 Å². The highest BCUT2D eigenvalue weighted by Crippen LogP contribution is 2.69. The monoisotopic (exact) mass is 472 g/mol. The maximum atomic E-state index is 13.8. The van der Waals surface area contributed by atoms with Crippen LogP contribution in [-0.2, 0) is 28.6 Å². The van der Waals surface area contributed by atoms with Gasteiger partial charge in [-0.25, -0.2) is 0 Å². The Hall–Kier alpha value is -1.83. The van der Waals surface area contributed by atoms with Crippen molar-refractivity contribution in [3.8, 4) is 0 Å². The summed E-state index contributed by atoms with van der Waals surface area (Å²) in [6, 6.07) is 0. The molecule has 0 amide bonds. The molecule has 7 nitrogen and oxygen atoms in total. The zero-order valence-corrected chi connectivity index (χ0v) is 20.7. The Balaban J connectivity index is 1.50. The van der Waals surface area contributed by atoms with E-state index in [4.69, 9.17) is 14.2 Å². The van der Waals surface area contributed by atoms with Gasteiger partial charge in [-0.3, -0.25) is 14.4 Å². The van der Waals surface area contributed by atoms with Crippen LogP contribution in [0.15, 0.2) is 23.8 Å². The summed E-state index contributed by atoms with van der Waals surface area (Å²) in [5, 5.41) is 11.6. The van der Waals surface area contributed by atoms with Gasteiger partial charge in [-0.05, 0) is 56.6 Å². The molecule has 1 aliphatic heterocycles. The van der Waals surface area contributed by atoms with E-state index in [9.17, 15) is 19.5 Å². The number of aliphatic hydroxyl groups excluding tert-OH is 1. The number of carbonyl (C=O) groups excluding carboxylic acids is 3. The van der Waals surface area contributed by atoms with E-state index in [1.54, 1.807) is 32.9 Å². The molecule has 9 atom stereocenters. The second-order valence-corrected chi connectivity index (χ2v) is 11.7. The molecule has 4 unspecified atom stereocenters. The number of hydrogen-bond acceptors (Lipinski definition) is 7. The predicted octanol–water partition coefficient (Wildman–Crippen LogP) is 3.14. The highest BCUT2D eigenvalue weighted by Gasteiger charge is 2.75. The third kappa shape index (κ3) is 3.09. The maximum absolute atomic E-state index is 13.8. The van der Waals surface area contributed by atoms with Crippen LogP contribution in [0.5, 0.6) is 0 Å². The van der Waals surface area contributed by atoms with Gasteiger partial charge in [0.1, 0.15) is 0 Å². The summed E-state index contributed by atoms with van der Waals surface area (Å²) in [6.07, 6.45) is 6.37. The molecule has 4 fully saturated rings. The lowest BCUT2D eigenvalue weighted by Crippen LogP contribution is -2.63. The van der Waals surface area contributed by atoms with E-state index in [-0.39, 0.29) is 47.3 Å². The molecule has 0 spiro atoms. The molecule has 1 heterocycles. The fourth-order valence-corrected chi connectivity index (χ4v) is 8.16. The van der Waals surface area contributed by atoms with Gasteiger partial charge in [0.05, 0.1) is 18.1 Å². The number of ether oxygens (including phenoxy) is 3. The summed E-state index contributed by atoms with van der Waals surface area (Å²) in [6.45, 7) is 9.07. The second-order valence-electron chi connectivity index (χ2n) is 11.7. The summed E-state index contributed by atoms with van der Waals surface area (Å²) in [7, 11) is 0. The summed E-state index contributed by atoms with van der Waals surface area (Å²) in [5.74, 6) is -0.806. The van der Waals surface area contributed by atoms with Gasteiger partial charge < -0.3 is 19.3 Å². The van der Waals surface area contributed by atoms with Crippen molar-refractivity contribution in [2.24, 2.45) is 34.5 Å². The molecular weight excluding hydrogens is 436 g/mol. The zero-order valence-electron chi connectivity index (χ0n) is 20.7. The van der Waals surface area contributed by atoms with Gasteiger partial charge in [-0.15, -0.1) is 0 Å². The minimum Gasteiger partial charge on any atom is -0.457 e. The van der Waals surface area contributed by atoms with Gasteiger partial charge in [0, 0.05) is 16.7 Å². The van der Waals surface area contributed by atoms with Crippen LogP contribution in [0.1, 0.15) is 60.3 Å². The normalized spacial score (nSPS) is 46.9. The molecule has 4 aliphatic carbocycles. The summed E-state index contributed by atoms with van der Waals surface area (Å²) >= 11 is 0. The third-order valence-electron chi connectivity index (χ3n) is 9.59. The fourth-order valence-electron chi connectivity index (χ4n) is 8.16. The molecule has 0 aromatic rings. The molecule has 7 heteroatoms. The van der Waals surface area contributed by atoms with Crippen molar-refractivity contribution in [2.45, 2.75) is 84.4 Å². The van der Waals surface area contributed by atoms with Crippen molar-refractivity contribution >= 4 is 17.5 Å². The van der Waals surface area contributed by atoms with Crippen LogP contribution in [-0.4, -0.2) is 53.3 Å². The van der Waals surface area contributed by atoms with Crippen LogP contribution >= 0.6 is 0 Å². The Morgan fingerprint density at radius 1 is 1.29 bits per heavy atom. The van der Waals surface area contributed by atoms with E-state index in [0.717, 1.165) is 18.4 Å². The Morgan fingerprint density at radius 3 is 2.74 bits per heavy atom. The Bertz CT molecular complexity index is 981. The number of allylic oxidation sites excluding steroid dienone is 4. The first-order chi connectivity index (χ1) is 15.9. The number of esters is 1. The molecule has 5 rings (SSSR count). The lowest BCUT2D eigenvalue weighted by molar-refractivity contribution is -0.198. The van der Waals surface area contributed by atoms with Crippen molar-refractivity contribution < 1.29 is 33.7 Å². The molecule has 0 aromatic carbocycles. The Labute approximate surface area is 200 Å². The van der Waals surface area contributed by atoms with E-state index >= 15 is 0 Å².